The van der Waals surface area contributed by atoms with Crippen molar-refractivity contribution in [3.05, 3.63) is 35.5 Å². The Labute approximate surface area is 136 Å². The van der Waals surface area contributed by atoms with Crippen LogP contribution < -0.4 is 4.74 Å². The molecular formula is C18H23NO4. The number of fused-ring (bicyclic) bond motifs is 3. The Balaban J connectivity index is 0.000000924. The van der Waals surface area contributed by atoms with E-state index in [1.165, 1.54) is 7.11 Å². The number of hydrogen-bond donors (Lipinski definition) is 1. The Morgan fingerprint density at radius 1 is 1.30 bits per heavy atom. The van der Waals surface area contributed by atoms with Crippen molar-refractivity contribution in [1.82, 2.24) is 4.57 Å². The van der Waals surface area contributed by atoms with Crippen LogP contribution in [0.3, 0.4) is 0 Å². The molecule has 124 valence electrons. The lowest BCUT2D eigenvalue weighted by Crippen LogP contribution is -2.09. The molecule has 1 N–H and O–H groups in total. The molecule has 5 heteroatoms. The molecule has 5 nitrogen and oxygen atoms in total. The van der Waals surface area contributed by atoms with E-state index in [2.05, 4.69) is 0 Å². The van der Waals surface area contributed by atoms with Crippen LogP contribution in [-0.4, -0.2) is 29.4 Å². The molecule has 2 aromatic rings. The first-order valence-corrected chi connectivity index (χ1v) is 7.91. The van der Waals surface area contributed by atoms with E-state index >= 15 is 0 Å². The topological polar surface area (TPSA) is 60.7 Å². The van der Waals surface area contributed by atoms with Gasteiger partial charge in [-0.1, -0.05) is 13.8 Å². The number of aromatic nitrogens is 1. The molecule has 1 aromatic heterocycles. The molecule has 0 bridgehead atoms. The number of rotatable bonds is 3. The number of esters is 1. The molecule has 0 radical (unpaired) electrons. The predicted octanol–water partition coefficient (Wildman–Crippen LogP) is 3.63. The van der Waals surface area contributed by atoms with Gasteiger partial charge in [-0.05, 0) is 37.1 Å². The second-order valence-corrected chi connectivity index (χ2v) is 4.96. The summed E-state index contributed by atoms with van der Waals surface area (Å²) >= 11 is 0. The van der Waals surface area contributed by atoms with E-state index in [-0.39, 0.29) is 11.7 Å². The number of phenols is 1. The Bertz CT molecular complexity index is 703. The third-order valence-electron chi connectivity index (χ3n) is 3.71. The highest BCUT2D eigenvalue weighted by Gasteiger charge is 2.22. The van der Waals surface area contributed by atoms with Gasteiger partial charge in [-0.3, -0.25) is 0 Å². The summed E-state index contributed by atoms with van der Waals surface area (Å²) < 4.78 is 12.2. The summed E-state index contributed by atoms with van der Waals surface area (Å²) in [6, 6.07) is 5.35. The molecule has 1 aliphatic rings. The fraction of sp³-hybridized carbons (Fsp3) is 0.389. The Morgan fingerprint density at radius 2 is 2.04 bits per heavy atom. The van der Waals surface area contributed by atoms with Crippen molar-refractivity contribution in [2.75, 3.05) is 13.7 Å². The van der Waals surface area contributed by atoms with Crippen molar-refractivity contribution in [1.29, 1.82) is 0 Å². The van der Waals surface area contributed by atoms with E-state index in [4.69, 9.17) is 9.47 Å². The maximum absolute atomic E-state index is 11.8. The molecule has 1 aliphatic heterocycles. The predicted molar refractivity (Wildman–Crippen MR) is 89.1 cm³/mol. The average molecular weight is 317 g/mol. The molecule has 0 spiro atoms. The second-order valence-electron chi connectivity index (χ2n) is 4.96. The number of nitrogens with zero attached hydrogens (tertiary/aromatic N) is 1. The van der Waals surface area contributed by atoms with Crippen molar-refractivity contribution in [3.8, 4) is 22.8 Å². The highest BCUT2D eigenvalue weighted by atomic mass is 16.5. The minimum atomic E-state index is -0.321. The maximum atomic E-state index is 11.8. The summed E-state index contributed by atoms with van der Waals surface area (Å²) in [6.07, 6.45) is 2.63. The van der Waals surface area contributed by atoms with E-state index in [1.807, 2.05) is 30.5 Å². The lowest BCUT2D eigenvalue weighted by molar-refractivity contribution is 0.0526. The quantitative estimate of drug-likeness (QED) is 0.878. The molecule has 3 rings (SSSR count). The van der Waals surface area contributed by atoms with Crippen molar-refractivity contribution in [2.24, 2.45) is 0 Å². The third kappa shape index (κ3) is 3.18. The van der Waals surface area contributed by atoms with E-state index in [0.717, 1.165) is 29.8 Å². The fourth-order valence-corrected chi connectivity index (χ4v) is 2.71. The Morgan fingerprint density at radius 3 is 2.70 bits per heavy atom. The van der Waals surface area contributed by atoms with Crippen LogP contribution in [0.2, 0.25) is 0 Å². The number of methoxy groups -OCH3 is 1. The molecule has 0 atom stereocenters. The van der Waals surface area contributed by atoms with Gasteiger partial charge in [0.1, 0.15) is 0 Å². The SMILES string of the molecule is CC.CCOC(=O)c1cc2n(c1)CCc1cc(OC)c(O)cc1-2. The van der Waals surface area contributed by atoms with Crippen LogP contribution in [0.4, 0.5) is 0 Å². The number of aryl methyl sites for hydroxylation is 2. The van der Waals surface area contributed by atoms with Crippen LogP contribution in [-0.2, 0) is 17.7 Å². The first kappa shape index (κ1) is 16.9. The summed E-state index contributed by atoms with van der Waals surface area (Å²) in [4.78, 5) is 11.8. The number of carbonyl (C=O) groups excluding carboxylic acids is 1. The average Bonchev–Trinajstić information content (AvgIpc) is 3.01. The number of carbonyl (C=O) groups is 1. The summed E-state index contributed by atoms with van der Waals surface area (Å²) in [5, 5.41) is 9.97. The van der Waals surface area contributed by atoms with E-state index < -0.39 is 0 Å². The van der Waals surface area contributed by atoms with Gasteiger partial charge in [0.25, 0.3) is 0 Å². The molecule has 0 aliphatic carbocycles. The van der Waals surface area contributed by atoms with Gasteiger partial charge >= 0.3 is 5.97 Å². The van der Waals surface area contributed by atoms with Crippen LogP contribution in [0, 0.1) is 0 Å². The number of phenolic OH excluding ortho intramolecular Hbond substituents is 1. The maximum Gasteiger partial charge on any atom is 0.339 e. The molecule has 1 aromatic carbocycles. The molecule has 0 saturated heterocycles. The summed E-state index contributed by atoms with van der Waals surface area (Å²) in [7, 11) is 1.53. The first-order chi connectivity index (χ1) is 11.1. The van der Waals surface area contributed by atoms with Crippen molar-refractivity contribution in [3.63, 3.8) is 0 Å². The van der Waals surface area contributed by atoms with Crippen molar-refractivity contribution >= 4 is 5.97 Å². The van der Waals surface area contributed by atoms with Crippen molar-refractivity contribution < 1.29 is 19.4 Å². The van der Waals surface area contributed by atoms with Crippen LogP contribution in [0.5, 0.6) is 11.5 Å². The summed E-state index contributed by atoms with van der Waals surface area (Å²) in [6.45, 7) is 6.93. The zero-order valence-corrected chi connectivity index (χ0v) is 14.0. The van der Waals surface area contributed by atoms with Gasteiger partial charge in [-0.25, -0.2) is 4.79 Å². The molecule has 0 fully saturated rings. The monoisotopic (exact) mass is 317 g/mol. The smallest absolute Gasteiger partial charge is 0.339 e. The van der Waals surface area contributed by atoms with Gasteiger partial charge in [0.2, 0.25) is 0 Å². The van der Waals surface area contributed by atoms with Gasteiger partial charge in [0, 0.05) is 24.0 Å². The third-order valence-corrected chi connectivity index (χ3v) is 3.71. The number of hydrogen-bond acceptors (Lipinski definition) is 4. The zero-order valence-electron chi connectivity index (χ0n) is 14.0. The standard InChI is InChI=1S/C16H17NO4.C2H6/c1-3-21-16(19)11-6-13-12-8-14(18)15(20-2)7-10(12)4-5-17(13)9-11;1-2/h6-9,18H,3-5H2,1-2H3;1-2H3. The van der Waals surface area contributed by atoms with E-state index in [1.54, 1.807) is 19.2 Å². The number of ether oxygens (including phenoxy) is 2. The van der Waals surface area contributed by atoms with Crippen LogP contribution in [0.25, 0.3) is 11.3 Å². The minimum Gasteiger partial charge on any atom is -0.504 e. The summed E-state index contributed by atoms with van der Waals surface area (Å²) in [5.41, 5.74) is 3.48. The lowest BCUT2D eigenvalue weighted by atomic mass is 9.97. The highest BCUT2D eigenvalue weighted by Crippen LogP contribution is 2.38. The van der Waals surface area contributed by atoms with Gasteiger partial charge < -0.3 is 19.1 Å². The zero-order chi connectivity index (χ0) is 17.0. The fourth-order valence-electron chi connectivity index (χ4n) is 2.71. The van der Waals surface area contributed by atoms with E-state index in [9.17, 15) is 9.90 Å². The molecule has 2 heterocycles. The largest absolute Gasteiger partial charge is 0.504 e. The number of aromatic hydroxyl groups is 1. The molecule has 23 heavy (non-hydrogen) atoms. The normalized spacial score (nSPS) is 11.7. The molecule has 0 amide bonds. The van der Waals surface area contributed by atoms with Gasteiger partial charge in [0.15, 0.2) is 11.5 Å². The van der Waals surface area contributed by atoms with Crippen LogP contribution in [0.1, 0.15) is 36.7 Å². The highest BCUT2D eigenvalue weighted by molar-refractivity contribution is 5.91. The van der Waals surface area contributed by atoms with E-state index in [0.29, 0.717) is 17.9 Å². The van der Waals surface area contributed by atoms with Gasteiger partial charge in [-0.2, -0.15) is 0 Å². The molecule has 0 saturated carbocycles. The Hall–Kier alpha value is -2.43. The van der Waals surface area contributed by atoms with Crippen LogP contribution in [0.15, 0.2) is 24.4 Å². The van der Waals surface area contributed by atoms with Gasteiger partial charge in [0.05, 0.1) is 19.3 Å². The van der Waals surface area contributed by atoms with Crippen molar-refractivity contribution in [2.45, 2.75) is 33.7 Å². The lowest BCUT2D eigenvalue weighted by Gasteiger charge is -2.20. The molecular weight excluding hydrogens is 294 g/mol. The van der Waals surface area contributed by atoms with Gasteiger partial charge in [-0.15, -0.1) is 0 Å². The number of benzene rings is 1. The molecule has 0 unspecified atom stereocenters. The first-order valence-electron chi connectivity index (χ1n) is 7.91. The minimum absolute atomic E-state index is 0.101. The second kappa shape index (κ2) is 7.22. The van der Waals surface area contributed by atoms with Crippen LogP contribution >= 0.6 is 0 Å². The Kier molecular flexibility index (Phi) is 5.32. The summed E-state index contributed by atoms with van der Waals surface area (Å²) in [5.74, 6) is 0.252.